The maximum absolute atomic E-state index is 12.3. The molecule has 0 saturated carbocycles. The highest BCUT2D eigenvalue weighted by Gasteiger charge is 2.14. The van der Waals surface area contributed by atoms with E-state index in [0.717, 1.165) is 23.4 Å². The van der Waals surface area contributed by atoms with Crippen LogP contribution >= 0.6 is 0 Å². The number of carbonyl (C=O) groups is 1. The van der Waals surface area contributed by atoms with E-state index in [1.54, 1.807) is 24.5 Å². The minimum absolute atomic E-state index is 0.229. The zero-order valence-electron chi connectivity index (χ0n) is 13.6. The van der Waals surface area contributed by atoms with Crippen LogP contribution in [0.2, 0.25) is 0 Å². The molecular formula is C18H18N4O2. The van der Waals surface area contributed by atoms with Gasteiger partial charge in [-0.1, -0.05) is 17.3 Å². The van der Waals surface area contributed by atoms with E-state index in [2.05, 4.69) is 20.4 Å². The Kier molecular flexibility index (Phi) is 4.67. The monoisotopic (exact) mass is 322 g/mol. The number of anilines is 1. The molecule has 2 heterocycles. The summed E-state index contributed by atoms with van der Waals surface area (Å²) < 4.78 is 5.23. The summed E-state index contributed by atoms with van der Waals surface area (Å²) in [5.74, 6) is 0.200. The Morgan fingerprint density at radius 1 is 1.21 bits per heavy atom. The highest BCUT2D eigenvalue weighted by molar-refractivity contribution is 6.03. The maximum Gasteiger partial charge on any atom is 0.277 e. The molecule has 0 unspecified atom stereocenters. The third-order valence-electron chi connectivity index (χ3n) is 3.37. The van der Waals surface area contributed by atoms with Crippen molar-refractivity contribution in [1.82, 2.24) is 15.0 Å². The van der Waals surface area contributed by atoms with Gasteiger partial charge < -0.3 is 14.7 Å². The van der Waals surface area contributed by atoms with Gasteiger partial charge in [0.2, 0.25) is 0 Å². The van der Waals surface area contributed by atoms with Crippen molar-refractivity contribution in [3.05, 3.63) is 66.1 Å². The lowest BCUT2D eigenvalue weighted by molar-refractivity contribution is 0.101. The molecule has 3 aromatic rings. The average Bonchev–Trinajstić information content (AvgIpc) is 3.05. The number of pyridine rings is 1. The number of nitrogens with zero attached hydrogens (tertiary/aromatic N) is 3. The van der Waals surface area contributed by atoms with Crippen molar-refractivity contribution in [2.75, 3.05) is 19.4 Å². The lowest BCUT2D eigenvalue weighted by Crippen LogP contribution is -2.13. The quantitative estimate of drug-likeness (QED) is 0.782. The summed E-state index contributed by atoms with van der Waals surface area (Å²) in [5, 5.41) is 6.68. The number of aromatic nitrogens is 2. The second-order valence-electron chi connectivity index (χ2n) is 5.71. The number of benzene rings is 1. The Morgan fingerprint density at radius 3 is 2.83 bits per heavy atom. The van der Waals surface area contributed by atoms with Crippen LogP contribution in [0.4, 0.5) is 5.69 Å². The van der Waals surface area contributed by atoms with Crippen molar-refractivity contribution >= 4 is 11.6 Å². The van der Waals surface area contributed by atoms with Crippen LogP contribution in [0.25, 0.3) is 11.3 Å². The van der Waals surface area contributed by atoms with Gasteiger partial charge in [0.25, 0.3) is 5.91 Å². The van der Waals surface area contributed by atoms with Gasteiger partial charge in [-0.15, -0.1) is 0 Å². The smallest absolute Gasteiger partial charge is 0.277 e. The van der Waals surface area contributed by atoms with Gasteiger partial charge in [-0.2, -0.15) is 0 Å². The summed E-state index contributed by atoms with van der Waals surface area (Å²) in [5.41, 5.74) is 2.85. The molecule has 0 aliphatic heterocycles. The van der Waals surface area contributed by atoms with Crippen LogP contribution in [0.15, 0.2) is 59.4 Å². The van der Waals surface area contributed by atoms with Crippen LogP contribution in [0.1, 0.15) is 16.1 Å². The first-order chi connectivity index (χ1) is 11.6. The van der Waals surface area contributed by atoms with E-state index in [4.69, 9.17) is 4.52 Å². The van der Waals surface area contributed by atoms with Crippen molar-refractivity contribution in [2.45, 2.75) is 6.54 Å². The van der Waals surface area contributed by atoms with Crippen LogP contribution in [0.3, 0.4) is 0 Å². The summed E-state index contributed by atoms with van der Waals surface area (Å²) in [4.78, 5) is 18.4. The Hall–Kier alpha value is -2.99. The molecule has 1 aromatic carbocycles. The molecule has 0 atom stereocenters. The second kappa shape index (κ2) is 7.06. The van der Waals surface area contributed by atoms with Crippen molar-refractivity contribution < 1.29 is 9.32 Å². The number of hydrogen-bond acceptors (Lipinski definition) is 5. The van der Waals surface area contributed by atoms with E-state index in [9.17, 15) is 4.79 Å². The molecule has 0 fully saturated rings. The Bertz CT molecular complexity index is 828. The lowest BCUT2D eigenvalue weighted by atomic mass is 10.2. The molecule has 122 valence electrons. The van der Waals surface area contributed by atoms with Crippen molar-refractivity contribution in [1.29, 1.82) is 0 Å². The van der Waals surface area contributed by atoms with E-state index in [1.165, 1.54) is 0 Å². The summed E-state index contributed by atoms with van der Waals surface area (Å²) in [6.07, 6.45) is 3.33. The van der Waals surface area contributed by atoms with Gasteiger partial charge >= 0.3 is 0 Å². The van der Waals surface area contributed by atoms with Gasteiger partial charge in [0.1, 0.15) is 0 Å². The fourth-order valence-corrected chi connectivity index (χ4v) is 2.33. The predicted octanol–water partition coefficient (Wildman–Crippen LogP) is 3.05. The van der Waals surface area contributed by atoms with E-state index in [0.29, 0.717) is 5.76 Å². The second-order valence-corrected chi connectivity index (χ2v) is 5.71. The molecule has 6 heteroatoms. The molecule has 6 nitrogen and oxygen atoms in total. The fourth-order valence-electron chi connectivity index (χ4n) is 2.33. The van der Waals surface area contributed by atoms with Gasteiger partial charge in [0, 0.05) is 36.3 Å². The first-order valence-electron chi connectivity index (χ1n) is 7.54. The van der Waals surface area contributed by atoms with Crippen LogP contribution in [-0.2, 0) is 6.54 Å². The summed E-state index contributed by atoms with van der Waals surface area (Å²) in [6, 6.07) is 13.0. The highest BCUT2D eigenvalue weighted by atomic mass is 16.5. The van der Waals surface area contributed by atoms with E-state index in [-0.39, 0.29) is 11.6 Å². The van der Waals surface area contributed by atoms with Gasteiger partial charge in [-0.3, -0.25) is 9.78 Å². The third-order valence-corrected chi connectivity index (χ3v) is 3.37. The van der Waals surface area contributed by atoms with Crippen molar-refractivity contribution in [2.24, 2.45) is 0 Å². The largest absolute Gasteiger partial charge is 0.355 e. The molecule has 1 N–H and O–H groups in total. The molecule has 0 spiro atoms. The van der Waals surface area contributed by atoms with Crippen molar-refractivity contribution in [3.8, 4) is 11.3 Å². The van der Waals surface area contributed by atoms with Crippen LogP contribution in [0.5, 0.6) is 0 Å². The van der Waals surface area contributed by atoms with Crippen LogP contribution in [0, 0.1) is 0 Å². The molecular weight excluding hydrogens is 304 g/mol. The average molecular weight is 322 g/mol. The zero-order chi connectivity index (χ0) is 16.9. The van der Waals surface area contributed by atoms with E-state index >= 15 is 0 Å². The van der Waals surface area contributed by atoms with Gasteiger partial charge in [0.15, 0.2) is 11.5 Å². The predicted molar refractivity (Wildman–Crippen MR) is 91.5 cm³/mol. The van der Waals surface area contributed by atoms with Gasteiger partial charge in [-0.05, 0) is 43.9 Å². The first kappa shape index (κ1) is 15.9. The standard InChI is InChI=1S/C18H18N4O2/c1-22(2)12-13-5-3-7-15(9-13)20-18(23)16-10-17(24-21-16)14-6-4-8-19-11-14/h3-11H,12H2,1-2H3,(H,20,23). The minimum atomic E-state index is -0.309. The number of amides is 1. The van der Waals surface area contributed by atoms with E-state index < -0.39 is 0 Å². The molecule has 0 radical (unpaired) electrons. The summed E-state index contributed by atoms with van der Waals surface area (Å²) >= 11 is 0. The molecule has 1 amide bonds. The molecule has 24 heavy (non-hydrogen) atoms. The maximum atomic E-state index is 12.3. The molecule has 0 bridgehead atoms. The first-order valence-corrected chi connectivity index (χ1v) is 7.54. The Morgan fingerprint density at radius 2 is 2.08 bits per heavy atom. The fraction of sp³-hybridized carbons (Fsp3) is 0.167. The summed E-state index contributed by atoms with van der Waals surface area (Å²) in [7, 11) is 4.00. The Balaban J connectivity index is 1.73. The topological polar surface area (TPSA) is 71.3 Å². The third kappa shape index (κ3) is 3.85. The molecule has 0 saturated heterocycles. The number of rotatable bonds is 5. The summed E-state index contributed by atoms with van der Waals surface area (Å²) in [6.45, 7) is 0.804. The van der Waals surface area contributed by atoms with Crippen LogP contribution in [-0.4, -0.2) is 35.0 Å². The highest BCUT2D eigenvalue weighted by Crippen LogP contribution is 2.20. The molecule has 0 aliphatic carbocycles. The van der Waals surface area contributed by atoms with E-state index in [1.807, 2.05) is 44.4 Å². The van der Waals surface area contributed by atoms with Crippen molar-refractivity contribution in [3.63, 3.8) is 0 Å². The molecule has 0 aliphatic rings. The lowest BCUT2D eigenvalue weighted by Gasteiger charge is -2.11. The van der Waals surface area contributed by atoms with Gasteiger partial charge in [-0.25, -0.2) is 0 Å². The number of hydrogen-bond donors (Lipinski definition) is 1. The Labute approximate surface area is 140 Å². The normalized spacial score (nSPS) is 10.8. The number of carbonyl (C=O) groups excluding carboxylic acids is 1. The minimum Gasteiger partial charge on any atom is -0.355 e. The SMILES string of the molecule is CN(C)Cc1cccc(NC(=O)c2cc(-c3cccnc3)on2)c1. The van der Waals surface area contributed by atoms with Gasteiger partial charge in [0.05, 0.1) is 0 Å². The van der Waals surface area contributed by atoms with Crippen LogP contribution < -0.4 is 5.32 Å². The zero-order valence-corrected chi connectivity index (χ0v) is 13.6. The molecule has 2 aromatic heterocycles. The molecule has 3 rings (SSSR count). The number of nitrogens with one attached hydrogen (secondary N) is 1.